The third-order valence-electron chi connectivity index (χ3n) is 2.88. The highest BCUT2D eigenvalue weighted by Gasteiger charge is 2.38. The summed E-state index contributed by atoms with van der Waals surface area (Å²) in [6.45, 7) is 3.67. The molecule has 0 saturated carbocycles. The van der Waals surface area contributed by atoms with E-state index >= 15 is 0 Å². The Morgan fingerprint density at radius 1 is 1.44 bits per heavy atom. The normalized spacial score (nSPS) is 18.8. The number of nitrogens with zero attached hydrogens (tertiary/aromatic N) is 1. The lowest BCUT2D eigenvalue weighted by Crippen LogP contribution is -2.42. The van der Waals surface area contributed by atoms with Crippen molar-refractivity contribution in [3.63, 3.8) is 0 Å². The lowest BCUT2D eigenvalue weighted by molar-refractivity contribution is 0.193. The smallest absolute Gasteiger partial charge is 0.390 e. The van der Waals surface area contributed by atoms with E-state index in [4.69, 9.17) is 0 Å². The Morgan fingerprint density at radius 2 is 2.12 bits per heavy atom. The minimum absolute atomic E-state index is 0.115. The van der Waals surface area contributed by atoms with Gasteiger partial charge in [0.05, 0.1) is 0 Å². The van der Waals surface area contributed by atoms with Crippen LogP contribution in [0.4, 0.5) is 4.79 Å². The van der Waals surface area contributed by atoms with E-state index in [2.05, 4.69) is 5.32 Å². The summed E-state index contributed by atoms with van der Waals surface area (Å²) in [5.74, 6) is 0. The quantitative estimate of drug-likeness (QED) is 0.476. The number of rotatable bonds is 6. The molecule has 1 aliphatic heterocycles. The van der Waals surface area contributed by atoms with Crippen LogP contribution in [-0.2, 0) is 0 Å². The van der Waals surface area contributed by atoms with Gasteiger partial charge in [0.25, 0.3) is 0 Å². The predicted octanol–water partition coefficient (Wildman–Crippen LogP) is -0.512. The Kier molecular flexibility index (Phi) is 4.72. The molecule has 16 heavy (non-hydrogen) atoms. The van der Waals surface area contributed by atoms with Gasteiger partial charge >= 0.3 is 14.8 Å². The highest BCUT2D eigenvalue weighted by molar-refractivity contribution is 6.57. The molecular weight excluding hydrogens is 228 g/mol. The van der Waals surface area contributed by atoms with E-state index in [0.29, 0.717) is 32.5 Å². The van der Waals surface area contributed by atoms with Gasteiger partial charge in [0.1, 0.15) is 0 Å². The Morgan fingerprint density at radius 3 is 2.56 bits per heavy atom. The van der Waals surface area contributed by atoms with Gasteiger partial charge in [-0.2, -0.15) is 0 Å². The number of hydrogen-bond donors (Lipinski definition) is 4. The first-order valence-corrected chi connectivity index (χ1v) is 7.57. The fourth-order valence-corrected chi connectivity index (χ4v) is 3.11. The molecule has 7 heteroatoms. The lowest BCUT2D eigenvalue weighted by atomic mass is 10.2. The molecule has 94 valence electrons. The van der Waals surface area contributed by atoms with E-state index in [-0.39, 0.29) is 6.03 Å². The number of hydrogen-bond acceptors (Lipinski definition) is 4. The number of carbonyl (C=O) groups excluding carboxylic acids is 1. The van der Waals surface area contributed by atoms with Crippen LogP contribution in [0.25, 0.3) is 0 Å². The molecule has 1 heterocycles. The van der Waals surface area contributed by atoms with E-state index in [1.807, 2.05) is 6.92 Å². The standard InChI is InChI=1S/C9H20N2O4Si/c1-2-3-8(16(13,14)15)4-6-11-7-5-10-9(11)12/h8,13-15H,2-7H2,1H3,(H,10,12). The Hall–Kier alpha value is -0.633. The second-order valence-electron chi connectivity index (χ2n) is 4.18. The Bertz CT molecular complexity index is 244. The molecule has 1 unspecified atom stereocenters. The van der Waals surface area contributed by atoms with Crippen molar-refractivity contribution in [2.24, 2.45) is 0 Å². The van der Waals surface area contributed by atoms with E-state index in [1.54, 1.807) is 4.90 Å². The third kappa shape index (κ3) is 3.74. The fourth-order valence-electron chi connectivity index (χ4n) is 1.92. The number of nitrogens with one attached hydrogen (secondary N) is 1. The molecule has 1 aliphatic rings. The fraction of sp³-hybridized carbons (Fsp3) is 0.889. The SMILES string of the molecule is CCCC(CCN1CCNC1=O)[Si](O)(O)O. The van der Waals surface area contributed by atoms with Crippen LogP contribution in [0.3, 0.4) is 0 Å². The van der Waals surface area contributed by atoms with Crippen LogP contribution in [0.2, 0.25) is 5.54 Å². The summed E-state index contributed by atoms with van der Waals surface area (Å²) >= 11 is 0. The minimum Gasteiger partial charge on any atom is -0.390 e. The second-order valence-corrected chi connectivity index (χ2v) is 6.37. The molecule has 2 amide bonds. The van der Waals surface area contributed by atoms with Crippen molar-refractivity contribution < 1.29 is 19.2 Å². The van der Waals surface area contributed by atoms with Crippen molar-refractivity contribution in [1.29, 1.82) is 0 Å². The number of carbonyl (C=O) groups is 1. The van der Waals surface area contributed by atoms with Gasteiger partial charge in [-0.15, -0.1) is 0 Å². The monoisotopic (exact) mass is 248 g/mol. The minimum atomic E-state index is -4.06. The molecule has 1 saturated heterocycles. The zero-order valence-corrected chi connectivity index (χ0v) is 10.5. The molecule has 4 N–H and O–H groups in total. The van der Waals surface area contributed by atoms with Crippen LogP contribution in [0.15, 0.2) is 0 Å². The van der Waals surface area contributed by atoms with E-state index in [9.17, 15) is 19.2 Å². The van der Waals surface area contributed by atoms with Crippen LogP contribution in [0.1, 0.15) is 26.2 Å². The summed E-state index contributed by atoms with van der Waals surface area (Å²) < 4.78 is 0. The number of urea groups is 1. The van der Waals surface area contributed by atoms with Gasteiger partial charge in [-0.1, -0.05) is 13.3 Å². The molecule has 0 aromatic rings. The van der Waals surface area contributed by atoms with Gasteiger partial charge in [0.2, 0.25) is 0 Å². The summed E-state index contributed by atoms with van der Waals surface area (Å²) in [5.41, 5.74) is -0.481. The highest BCUT2D eigenvalue weighted by Crippen LogP contribution is 2.25. The van der Waals surface area contributed by atoms with Crippen molar-refractivity contribution in [3.05, 3.63) is 0 Å². The topological polar surface area (TPSA) is 93.0 Å². The molecule has 0 radical (unpaired) electrons. The van der Waals surface area contributed by atoms with E-state index in [1.165, 1.54) is 0 Å². The van der Waals surface area contributed by atoms with Crippen LogP contribution in [0.5, 0.6) is 0 Å². The first-order valence-electron chi connectivity index (χ1n) is 5.65. The predicted molar refractivity (Wildman–Crippen MR) is 60.7 cm³/mol. The van der Waals surface area contributed by atoms with E-state index in [0.717, 1.165) is 6.42 Å². The highest BCUT2D eigenvalue weighted by atomic mass is 28.4. The molecule has 0 aliphatic carbocycles. The van der Waals surface area contributed by atoms with Crippen molar-refractivity contribution in [3.8, 4) is 0 Å². The second kappa shape index (κ2) is 5.62. The Labute approximate surface area is 96.3 Å². The zero-order chi connectivity index (χ0) is 12.2. The summed E-state index contributed by atoms with van der Waals surface area (Å²) in [7, 11) is -4.06. The summed E-state index contributed by atoms with van der Waals surface area (Å²) in [6, 6.07) is -0.115. The molecule has 0 bridgehead atoms. The van der Waals surface area contributed by atoms with Crippen LogP contribution < -0.4 is 5.32 Å². The van der Waals surface area contributed by atoms with Gasteiger partial charge in [-0.3, -0.25) is 0 Å². The van der Waals surface area contributed by atoms with Gasteiger partial charge in [-0.25, -0.2) is 4.79 Å². The van der Waals surface area contributed by atoms with Crippen LogP contribution in [-0.4, -0.2) is 53.8 Å². The van der Waals surface area contributed by atoms with Crippen molar-refractivity contribution in [2.75, 3.05) is 19.6 Å². The zero-order valence-electron chi connectivity index (χ0n) is 9.52. The molecule has 0 aromatic carbocycles. The first kappa shape index (κ1) is 13.4. The molecule has 1 fully saturated rings. The summed E-state index contributed by atoms with van der Waals surface area (Å²) in [5, 5.41) is 2.67. The first-order chi connectivity index (χ1) is 7.45. The molecule has 1 atom stereocenters. The van der Waals surface area contributed by atoms with Crippen molar-refractivity contribution in [2.45, 2.75) is 31.7 Å². The van der Waals surface area contributed by atoms with Crippen molar-refractivity contribution >= 4 is 14.8 Å². The van der Waals surface area contributed by atoms with Crippen LogP contribution in [0, 0.1) is 0 Å². The summed E-state index contributed by atoms with van der Waals surface area (Å²) in [6.07, 6.45) is 1.80. The third-order valence-corrected chi connectivity index (χ3v) is 4.55. The molecule has 0 aromatic heterocycles. The molecular formula is C9H20N2O4Si. The van der Waals surface area contributed by atoms with Gasteiger partial charge in [-0.05, 0) is 12.8 Å². The molecule has 6 nitrogen and oxygen atoms in total. The largest absolute Gasteiger partial charge is 0.496 e. The molecule has 1 rings (SSSR count). The average Bonchev–Trinajstić information content (AvgIpc) is 2.57. The van der Waals surface area contributed by atoms with Crippen LogP contribution >= 0.6 is 0 Å². The maximum Gasteiger partial charge on any atom is 0.496 e. The van der Waals surface area contributed by atoms with Gasteiger partial charge in [0.15, 0.2) is 0 Å². The van der Waals surface area contributed by atoms with E-state index < -0.39 is 14.3 Å². The average molecular weight is 248 g/mol. The lowest BCUT2D eigenvalue weighted by Gasteiger charge is -2.24. The van der Waals surface area contributed by atoms with Gasteiger partial charge in [0, 0.05) is 25.2 Å². The molecule has 0 spiro atoms. The van der Waals surface area contributed by atoms with Gasteiger partial charge < -0.3 is 24.6 Å². The maximum absolute atomic E-state index is 11.2. The van der Waals surface area contributed by atoms with Crippen molar-refractivity contribution in [1.82, 2.24) is 10.2 Å². The summed E-state index contributed by atoms with van der Waals surface area (Å²) in [4.78, 5) is 40.7. The maximum atomic E-state index is 11.2. The number of amides is 2. The Balaban J connectivity index is 2.40.